The summed E-state index contributed by atoms with van der Waals surface area (Å²) in [7, 11) is -0.403. The van der Waals surface area contributed by atoms with Crippen LogP contribution in [0.1, 0.15) is 55.7 Å². The van der Waals surface area contributed by atoms with E-state index in [1.807, 2.05) is 0 Å². The lowest BCUT2D eigenvalue weighted by Crippen LogP contribution is -2.57. The van der Waals surface area contributed by atoms with Crippen molar-refractivity contribution in [3.8, 4) is 11.5 Å². The molecule has 1 aliphatic carbocycles. The Morgan fingerprint density at radius 3 is 2.41 bits per heavy atom. The van der Waals surface area contributed by atoms with Gasteiger partial charge in [0.25, 0.3) is 10.0 Å². The lowest BCUT2D eigenvalue weighted by Gasteiger charge is -2.43. The Labute approximate surface area is 338 Å². The van der Waals surface area contributed by atoms with Crippen molar-refractivity contribution in [3.05, 3.63) is 101 Å². The number of benzene rings is 3. The molecule has 0 spiro atoms. The highest BCUT2D eigenvalue weighted by Gasteiger charge is 2.40. The van der Waals surface area contributed by atoms with Crippen molar-refractivity contribution >= 4 is 45.1 Å². The summed E-state index contributed by atoms with van der Waals surface area (Å²) in [6.45, 7) is 2.98. The summed E-state index contributed by atoms with van der Waals surface area (Å²) in [4.78, 5) is 34.0. The molecule has 3 N–H and O–H groups in total. The topological polar surface area (TPSA) is 163 Å². The van der Waals surface area contributed by atoms with Crippen molar-refractivity contribution in [1.29, 1.82) is 0 Å². The van der Waals surface area contributed by atoms with Crippen LogP contribution in [0.25, 0.3) is 0 Å². The number of sulfonamides is 1. The molecule has 1 unspecified atom stereocenters. The van der Waals surface area contributed by atoms with E-state index in [4.69, 9.17) is 21.1 Å². The maximum Gasteiger partial charge on any atom is 0.416 e. The Morgan fingerprint density at radius 1 is 1.05 bits per heavy atom. The van der Waals surface area contributed by atoms with Gasteiger partial charge in [-0.25, -0.2) is 31.9 Å². The van der Waals surface area contributed by atoms with E-state index < -0.39 is 74.4 Å². The van der Waals surface area contributed by atoms with E-state index in [1.54, 1.807) is 38.1 Å². The molecular weight excluding hydrogens is 808 g/mol. The summed E-state index contributed by atoms with van der Waals surface area (Å²) in [6.07, 6.45) is -2.77. The molecule has 0 radical (unpaired) electrons. The van der Waals surface area contributed by atoms with Crippen molar-refractivity contribution in [1.82, 2.24) is 20.2 Å². The number of anilines is 2. The number of alkyl halides is 3. The predicted molar refractivity (Wildman–Crippen MR) is 208 cm³/mol. The van der Waals surface area contributed by atoms with Gasteiger partial charge in [-0.15, -0.1) is 0 Å². The number of hydrogen-bond donors (Lipinski definition) is 3. The Bertz CT molecular complexity index is 2220. The molecule has 2 amide bonds. The first-order valence-corrected chi connectivity index (χ1v) is 19.9. The zero-order valence-electron chi connectivity index (χ0n) is 32.1. The zero-order chi connectivity index (χ0) is 42.5. The van der Waals surface area contributed by atoms with Gasteiger partial charge in [-0.05, 0) is 67.0 Å². The molecule has 312 valence electrons. The fourth-order valence-corrected chi connectivity index (χ4v) is 8.81. The molecule has 0 bridgehead atoms. The third kappa shape index (κ3) is 9.83. The lowest BCUT2D eigenvalue weighted by molar-refractivity contribution is -0.137. The van der Waals surface area contributed by atoms with Crippen LogP contribution in [0.4, 0.5) is 33.9 Å². The Hall–Kier alpha value is -5.36. The van der Waals surface area contributed by atoms with E-state index in [1.165, 1.54) is 44.5 Å². The molecule has 1 aromatic heterocycles. The van der Waals surface area contributed by atoms with Gasteiger partial charge in [-0.3, -0.25) is 4.79 Å². The van der Waals surface area contributed by atoms with Crippen molar-refractivity contribution in [3.63, 3.8) is 0 Å². The van der Waals surface area contributed by atoms with Gasteiger partial charge in [0.1, 0.15) is 40.4 Å². The molecule has 3 aromatic carbocycles. The van der Waals surface area contributed by atoms with E-state index >= 15 is 4.39 Å². The Kier molecular flexibility index (Phi) is 13.6. The maximum atomic E-state index is 16.3. The molecule has 13 nitrogen and oxygen atoms in total. The number of halogens is 5. The quantitative estimate of drug-likeness (QED) is 0.108. The molecule has 58 heavy (non-hydrogen) atoms. The highest BCUT2D eigenvalue weighted by Crippen LogP contribution is 2.41. The summed E-state index contributed by atoms with van der Waals surface area (Å²) in [5.74, 6) is -1.99. The van der Waals surface area contributed by atoms with E-state index in [0.29, 0.717) is 29.0 Å². The molecule has 19 heteroatoms. The van der Waals surface area contributed by atoms with Gasteiger partial charge >= 0.3 is 12.3 Å². The largest absolute Gasteiger partial charge is 0.497 e. The maximum absolute atomic E-state index is 16.3. The van der Waals surface area contributed by atoms with Gasteiger partial charge in [-0.2, -0.15) is 13.2 Å². The van der Waals surface area contributed by atoms with Gasteiger partial charge < -0.3 is 30.1 Å². The minimum Gasteiger partial charge on any atom is -0.497 e. The molecule has 1 saturated carbocycles. The van der Waals surface area contributed by atoms with Crippen LogP contribution in [-0.4, -0.2) is 79.8 Å². The predicted octanol–water partition coefficient (Wildman–Crippen LogP) is 7.57. The van der Waals surface area contributed by atoms with Crippen LogP contribution in [0, 0.1) is 11.7 Å². The number of amides is 2. The summed E-state index contributed by atoms with van der Waals surface area (Å²) in [6, 6.07) is 10.3. The fraction of sp³-hybridized carbons (Fsp3) is 0.385. The molecule has 4 aromatic rings. The van der Waals surface area contributed by atoms with Crippen molar-refractivity contribution in [2.75, 3.05) is 30.9 Å². The first-order valence-electron chi connectivity index (χ1n) is 18.0. The molecule has 4 atom stereocenters. The molecule has 0 saturated heterocycles. The van der Waals surface area contributed by atoms with Crippen LogP contribution in [0.3, 0.4) is 0 Å². The second-order valence-electron chi connectivity index (χ2n) is 14.1. The number of hydrogen-bond acceptors (Lipinski definition) is 9. The second kappa shape index (κ2) is 18.1. The van der Waals surface area contributed by atoms with Crippen molar-refractivity contribution in [2.24, 2.45) is 5.92 Å². The smallest absolute Gasteiger partial charge is 0.416 e. The number of likely N-dealkylation sites (N-methyl/N-ethyl adjacent to an activating group) is 1. The molecule has 1 fully saturated rings. The van der Waals surface area contributed by atoms with Crippen LogP contribution in [0.2, 0.25) is 5.02 Å². The number of methoxy groups -OCH3 is 2. The standard InChI is InChI=1S/C39H43ClF4N6O7S/c1-22(2)36(48-38(52)53)37(51)49(3)32-16-24(23-7-6-8-26(15-23)39(42,43)44)10-12-30(32)47-31-19-29(41)34(18-28(31)40)58(54,55)50(35-13-14-45-21-46-35)20-25-9-11-27(56-4)17-33(25)57-5/h6-9,11,13-15,17-19,21-22,24,30,32,36,47-48H,10,12,16,20H2,1-5H3,(H,52,53)/t24-,30-,32-,36?/m0/s1. The highest BCUT2D eigenvalue weighted by atomic mass is 35.5. The minimum atomic E-state index is -4.73. The molecule has 1 aliphatic rings. The first kappa shape index (κ1) is 43.8. The summed E-state index contributed by atoms with van der Waals surface area (Å²) < 4.78 is 97.5. The van der Waals surface area contributed by atoms with Gasteiger partial charge in [0.15, 0.2) is 0 Å². The monoisotopic (exact) mass is 850 g/mol. The normalized spacial score (nSPS) is 17.6. The van der Waals surface area contributed by atoms with Crippen LogP contribution in [-0.2, 0) is 27.5 Å². The minimum absolute atomic E-state index is 0.0130. The van der Waals surface area contributed by atoms with E-state index in [-0.39, 0.29) is 35.9 Å². The van der Waals surface area contributed by atoms with Crippen LogP contribution < -0.4 is 24.4 Å². The zero-order valence-corrected chi connectivity index (χ0v) is 33.7. The number of rotatable bonds is 14. The van der Waals surface area contributed by atoms with Gasteiger partial charge in [0.05, 0.1) is 43.1 Å². The van der Waals surface area contributed by atoms with Crippen LogP contribution in [0.15, 0.2) is 78.1 Å². The average Bonchev–Trinajstić information content (AvgIpc) is 3.19. The van der Waals surface area contributed by atoms with Crippen molar-refractivity contribution < 1.29 is 50.1 Å². The lowest BCUT2D eigenvalue weighted by atomic mass is 9.77. The SMILES string of the molecule is COc1ccc(CN(c2ccncn2)S(=O)(=O)c2cc(Cl)c(N[C@H]3CC[C@H](c4cccc(C(F)(F)F)c4)C[C@@H]3N(C)C(=O)C(NC(=O)O)C(C)C)cc2F)c(OC)c1. The van der Waals surface area contributed by atoms with E-state index in [9.17, 15) is 36.3 Å². The third-order valence-corrected chi connectivity index (χ3v) is 12.2. The van der Waals surface area contributed by atoms with Gasteiger partial charge in [0.2, 0.25) is 5.91 Å². The Morgan fingerprint density at radius 2 is 1.79 bits per heavy atom. The fourth-order valence-electron chi connectivity index (χ4n) is 7.06. The van der Waals surface area contributed by atoms with Gasteiger partial charge in [-0.1, -0.05) is 43.6 Å². The molecule has 5 rings (SSSR count). The van der Waals surface area contributed by atoms with E-state index in [0.717, 1.165) is 34.9 Å². The average molecular weight is 851 g/mol. The Balaban J connectivity index is 1.50. The molecule has 1 heterocycles. The summed E-state index contributed by atoms with van der Waals surface area (Å²) in [5, 5.41) is 14.7. The number of nitrogens with zero attached hydrogens (tertiary/aromatic N) is 4. The number of ether oxygens (including phenoxy) is 2. The third-order valence-electron chi connectivity index (χ3n) is 10.1. The number of nitrogens with one attached hydrogen (secondary N) is 2. The first-order chi connectivity index (χ1) is 27.3. The number of carbonyl (C=O) groups excluding carboxylic acids is 1. The van der Waals surface area contributed by atoms with Crippen LogP contribution in [0.5, 0.6) is 11.5 Å². The highest BCUT2D eigenvalue weighted by molar-refractivity contribution is 7.92. The summed E-state index contributed by atoms with van der Waals surface area (Å²) in [5.41, 5.74) is -0.0299. The van der Waals surface area contributed by atoms with Crippen molar-refractivity contribution in [2.45, 2.75) is 74.8 Å². The molecular formula is C39H43ClF4N6O7S. The number of aromatic nitrogens is 2. The number of carboxylic acid groups (broad SMARTS) is 1. The van der Waals surface area contributed by atoms with E-state index in [2.05, 4.69) is 20.6 Å². The van der Waals surface area contributed by atoms with Crippen LogP contribution >= 0.6 is 11.6 Å². The molecule has 0 aliphatic heterocycles. The number of carbonyl (C=O) groups is 2. The van der Waals surface area contributed by atoms with Gasteiger partial charge in [0, 0.05) is 37.0 Å². The summed E-state index contributed by atoms with van der Waals surface area (Å²) >= 11 is 6.71. The second-order valence-corrected chi connectivity index (χ2v) is 16.3.